The van der Waals surface area contributed by atoms with Crippen LogP contribution in [-0.2, 0) is 12.8 Å². The summed E-state index contributed by atoms with van der Waals surface area (Å²) in [7, 11) is 0. The Morgan fingerprint density at radius 3 is 2.57 bits per heavy atom. The van der Waals surface area contributed by atoms with E-state index >= 15 is 0 Å². The van der Waals surface area contributed by atoms with Gasteiger partial charge in [-0.05, 0) is 75.6 Å². The third-order valence-corrected chi connectivity index (χ3v) is 6.32. The van der Waals surface area contributed by atoms with Gasteiger partial charge in [0.15, 0.2) is 5.65 Å². The van der Waals surface area contributed by atoms with E-state index in [9.17, 15) is 5.11 Å². The molecule has 28 heavy (non-hydrogen) atoms. The van der Waals surface area contributed by atoms with Crippen LogP contribution in [0.2, 0.25) is 0 Å². The lowest BCUT2D eigenvalue weighted by Gasteiger charge is -2.20. The third kappa shape index (κ3) is 2.84. The number of phenolic OH excluding ortho intramolecular Hbond substituents is 1. The summed E-state index contributed by atoms with van der Waals surface area (Å²) in [6, 6.07) is 4.20. The van der Waals surface area contributed by atoms with Crippen LogP contribution >= 0.6 is 0 Å². The number of nitrogens with one attached hydrogen (secondary N) is 1. The van der Waals surface area contributed by atoms with Gasteiger partial charge < -0.3 is 10.4 Å². The van der Waals surface area contributed by atoms with Crippen molar-refractivity contribution in [1.82, 2.24) is 14.6 Å². The minimum absolute atomic E-state index is 0.334. The third-order valence-electron chi connectivity index (χ3n) is 6.32. The van der Waals surface area contributed by atoms with Crippen molar-refractivity contribution in [1.29, 1.82) is 0 Å². The fourth-order valence-corrected chi connectivity index (χ4v) is 4.36. The Labute approximate surface area is 166 Å². The quantitative estimate of drug-likeness (QED) is 0.647. The molecule has 0 atom stereocenters. The second-order valence-electron chi connectivity index (χ2n) is 7.98. The SMILES string of the molecule is CCC(CC)Nc1c2c(nc3c(-c4ccc(O)c(C)c4C)c(C)nn13)CCC2. The van der Waals surface area contributed by atoms with Crippen molar-refractivity contribution in [2.24, 2.45) is 0 Å². The monoisotopic (exact) mass is 378 g/mol. The van der Waals surface area contributed by atoms with Crippen LogP contribution in [0.25, 0.3) is 16.8 Å². The largest absolute Gasteiger partial charge is 0.508 e. The topological polar surface area (TPSA) is 62.5 Å². The van der Waals surface area contributed by atoms with E-state index in [-0.39, 0.29) is 0 Å². The van der Waals surface area contributed by atoms with E-state index < -0.39 is 0 Å². The molecule has 0 spiro atoms. The van der Waals surface area contributed by atoms with E-state index in [4.69, 9.17) is 10.1 Å². The highest BCUT2D eigenvalue weighted by molar-refractivity contribution is 5.84. The van der Waals surface area contributed by atoms with E-state index in [1.54, 1.807) is 6.07 Å². The maximum absolute atomic E-state index is 10.1. The lowest BCUT2D eigenvalue weighted by molar-refractivity contribution is 0.470. The van der Waals surface area contributed by atoms with Gasteiger partial charge in [0.1, 0.15) is 11.6 Å². The number of hydrogen-bond acceptors (Lipinski definition) is 4. The van der Waals surface area contributed by atoms with Crippen molar-refractivity contribution < 1.29 is 5.11 Å². The first-order valence-electron chi connectivity index (χ1n) is 10.4. The molecule has 5 nitrogen and oxygen atoms in total. The van der Waals surface area contributed by atoms with Gasteiger partial charge in [-0.2, -0.15) is 9.61 Å². The molecular weight excluding hydrogens is 348 g/mol. The second kappa shape index (κ2) is 7.12. The molecule has 1 aliphatic rings. The number of aromatic nitrogens is 3. The van der Waals surface area contributed by atoms with Gasteiger partial charge in [-0.3, -0.25) is 0 Å². The summed E-state index contributed by atoms with van der Waals surface area (Å²) in [6.45, 7) is 10.5. The Hall–Kier alpha value is -2.56. The fourth-order valence-electron chi connectivity index (χ4n) is 4.36. The number of aromatic hydroxyl groups is 1. The Kier molecular flexibility index (Phi) is 4.77. The molecule has 2 aromatic heterocycles. The summed E-state index contributed by atoms with van der Waals surface area (Å²) in [5.74, 6) is 1.45. The molecule has 1 aromatic carbocycles. The van der Waals surface area contributed by atoms with E-state index in [1.165, 1.54) is 11.3 Å². The predicted molar refractivity (Wildman–Crippen MR) is 114 cm³/mol. The minimum atomic E-state index is 0.334. The fraction of sp³-hybridized carbons (Fsp3) is 0.478. The van der Waals surface area contributed by atoms with Crippen molar-refractivity contribution >= 4 is 11.5 Å². The highest BCUT2D eigenvalue weighted by Crippen LogP contribution is 2.37. The van der Waals surface area contributed by atoms with Crippen LogP contribution < -0.4 is 5.32 Å². The molecule has 0 unspecified atom stereocenters. The molecule has 2 N–H and O–H groups in total. The second-order valence-corrected chi connectivity index (χ2v) is 7.98. The highest BCUT2D eigenvalue weighted by Gasteiger charge is 2.25. The summed E-state index contributed by atoms with van der Waals surface area (Å²) < 4.78 is 2.02. The zero-order valence-electron chi connectivity index (χ0n) is 17.6. The molecule has 2 heterocycles. The van der Waals surface area contributed by atoms with E-state index in [0.29, 0.717) is 11.8 Å². The van der Waals surface area contributed by atoms with E-state index in [2.05, 4.69) is 33.0 Å². The standard InChI is InChI=1S/C23H30N4O/c1-6-16(7-2)24-22-18-9-8-10-19(18)25-23-21(15(5)26-27(22)23)17-11-12-20(28)14(4)13(17)3/h11-12,16,24,28H,6-10H2,1-5H3. The first kappa shape index (κ1) is 18.8. The number of rotatable bonds is 5. The van der Waals surface area contributed by atoms with Crippen LogP contribution in [0.3, 0.4) is 0 Å². The van der Waals surface area contributed by atoms with E-state index in [0.717, 1.165) is 71.5 Å². The maximum Gasteiger partial charge on any atom is 0.165 e. The van der Waals surface area contributed by atoms with Crippen LogP contribution in [0.15, 0.2) is 12.1 Å². The van der Waals surface area contributed by atoms with E-state index in [1.807, 2.05) is 17.5 Å². The summed E-state index contributed by atoms with van der Waals surface area (Å²) in [6.07, 6.45) is 5.41. The zero-order chi connectivity index (χ0) is 20.0. The summed E-state index contributed by atoms with van der Waals surface area (Å²) in [5, 5.41) is 18.8. The number of benzene rings is 1. The van der Waals surface area contributed by atoms with Crippen molar-refractivity contribution in [2.45, 2.75) is 72.8 Å². The van der Waals surface area contributed by atoms with Crippen LogP contribution in [-0.4, -0.2) is 25.7 Å². The molecule has 0 fully saturated rings. The first-order valence-corrected chi connectivity index (χ1v) is 10.4. The van der Waals surface area contributed by atoms with Gasteiger partial charge in [0.2, 0.25) is 0 Å². The Balaban J connectivity index is 1.98. The number of fused-ring (bicyclic) bond motifs is 2. The van der Waals surface area contributed by atoms with Gasteiger partial charge in [-0.1, -0.05) is 19.9 Å². The van der Waals surface area contributed by atoms with Gasteiger partial charge in [0.05, 0.1) is 5.69 Å². The summed E-state index contributed by atoms with van der Waals surface area (Å²) in [5.41, 5.74) is 8.58. The zero-order valence-corrected chi connectivity index (χ0v) is 17.6. The lowest BCUT2D eigenvalue weighted by atomic mass is 9.96. The average molecular weight is 379 g/mol. The number of hydrogen-bond donors (Lipinski definition) is 2. The Bertz CT molecular complexity index is 1050. The molecule has 0 saturated heterocycles. The summed E-state index contributed by atoms with van der Waals surface area (Å²) in [4.78, 5) is 5.06. The van der Waals surface area contributed by atoms with Gasteiger partial charge in [-0.25, -0.2) is 4.98 Å². The molecule has 0 bridgehead atoms. The molecule has 0 radical (unpaired) electrons. The van der Waals surface area contributed by atoms with Crippen LogP contribution in [0.4, 0.5) is 5.82 Å². The molecule has 148 valence electrons. The predicted octanol–water partition coefficient (Wildman–Crippen LogP) is 5.12. The summed E-state index contributed by atoms with van der Waals surface area (Å²) >= 11 is 0. The van der Waals surface area contributed by atoms with Gasteiger partial charge >= 0.3 is 0 Å². The number of anilines is 1. The average Bonchev–Trinajstić information content (AvgIpc) is 3.28. The van der Waals surface area contributed by atoms with Crippen LogP contribution in [0.5, 0.6) is 5.75 Å². The Morgan fingerprint density at radius 2 is 1.86 bits per heavy atom. The molecular formula is C23H30N4O. The first-order chi connectivity index (χ1) is 13.5. The van der Waals surface area contributed by atoms with Crippen molar-refractivity contribution in [3.05, 3.63) is 40.2 Å². The van der Waals surface area contributed by atoms with Crippen molar-refractivity contribution in [2.75, 3.05) is 5.32 Å². The van der Waals surface area contributed by atoms with Gasteiger partial charge in [0, 0.05) is 22.9 Å². The van der Waals surface area contributed by atoms with Crippen molar-refractivity contribution in [3.63, 3.8) is 0 Å². The van der Waals surface area contributed by atoms with Crippen LogP contribution in [0, 0.1) is 20.8 Å². The molecule has 1 aliphatic carbocycles. The molecule has 0 amide bonds. The van der Waals surface area contributed by atoms with Gasteiger partial charge in [0.25, 0.3) is 0 Å². The number of aryl methyl sites for hydroxylation is 2. The smallest absolute Gasteiger partial charge is 0.165 e. The normalized spacial score (nSPS) is 13.5. The van der Waals surface area contributed by atoms with Crippen LogP contribution in [0.1, 0.15) is 61.2 Å². The van der Waals surface area contributed by atoms with Crippen molar-refractivity contribution in [3.8, 4) is 16.9 Å². The number of nitrogens with zero attached hydrogens (tertiary/aromatic N) is 3. The molecule has 0 saturated carbocycles. The highest BCUT2D eigenvalue weighted by atomic mass is 16.3. The van der Waals surface area contributed by atoms with Gasteiger partial charge in [-0.15, -0.1) is 0 Å². The molecule has 4 rings (SSSR count). The minimum Gasteiger partial charge on any atom is -0.508 e. The lowest BCUT2D eigenvalue weighted by Crippen LogP contribution is -2.21. The number of phenols is 1. The maximum atomic E-state index is 10.1. The molecule has 5 heteroatoms. The molecule has 0 aliphatic heterocycles. The molecule has 3 aromatic rings. The Morgan fingerprint density at radius 1 is 1.11 bits per heavy atom.